The number of anilines is 1. The lowest BCUT2D eigenvalue weighted by Crippen LogP contribution is -2.14. The van der Waals surface area contributed by atoms with Crippen LogP contribution in [-0.2, 0) is 14.3 Å². The second-order valence-corrected chi connectivity index (χ2v) is 6.48. The molecular formula is C23H24N2O5. The van der Waals surface area contributed by atoms with E-state index in [1.807, 2.05) is 19.9 Å². The fraction of sp³-hybridized carbons (Fsp3) is 0.261. The first-order valence-corrected chi connectivity index (χ1v) is 9.49. The lowest BCUT2D eigenvalue weighted by Gasteiger charge is -2.11. The van der Waals surface area contributed by atoms with E-state index in [1.54, 1.807) is 55.5 Å². The zero-order valence-electron chi connectivity index (χ0n) is 17.2. The largest absolute Gasteiger partial charge is 0.491 e. The monoisotopic (exact) mass is 408 g/mol. The second-order valence-electron chi connectivity index (χ2n) is 6.48. The Balaban J connectivity index is 2.03. The first kappa shape index (κ1) is 22.5. The summed E-state index contributed by atoms with van der Waals surface area (Å²) < 4.78 is 15.7. The molecule has 0 saturated carbocycles. The zero-order valence-corrected chi connectivity index (χ0v) is 17.2. The molecule has 0 fully saturated rings. The molecule has 0 spiro atoms. The van der Waals surface area contributed by atoms with Gasteiger partial charge in [0.2, 0.25) is 0 Å². The van der Waals surface area contributed by atoms with Crippen LogP contribution in [0.4, 0.5) is 5.69 Å². The minimum atomic E-state index is -0.526. The lowest BCUT2D eigenvalue weighted by molar-refractivity contribution is -0.145. The molecule has 0 unspecified atom stereocenters. The summed E-state index contributed by atoms with van der Waals surface area (Å²) in [7, 11) is 0. The number of carbonyl (C=O) groups is 2. The predicted molar refractivity (Wildman–Crippen MR) is 113 cm³/mol. The third-order valence-corrected chi connectivity index (χ3v) is 3.68. The molecule has 0 aliphatic carbocycles. The maximum Gasteiger partial charge on any atom is 0.344 e. The van der Waals surface area contributed by atoms with Gasteiger partial charge in [-0.3, -0.25) is 4.79 Å². The topological polar surface area (TPSA) is 97.7 Å². The molecule has 7 heteroatoms. The molecule has 0 radical (unpaired) electrons. The highest BCUT2D eigenvalue weighted by Crippen LogP contribution is 2.20. The maximum absolute atomic E-state index is 12.5. The number of nitriles is 1. The second kappa shape index (κ2) is 11.3. The Bertz CT molecular complexity index is 943. The predicted octanol–water partition coefficient (Wildman–Crippen LogP) is 3.96. The third kappa shape index (κ3) is 7.32. The van der Waals surface area contributed by atoms with Gasteiger partial charge in [-0.05, 0) is 56.7 Å². The van der Waals surface area contributed by atoms with Crippen LogP contribution in [0.5, 0.6) is 11.5 Å². The van der Waals surface area contributed by atoms with E-state index in [0.29, 0.717) is 29.4 Å². The molecule has 1 amide bonds. The van der Waals surface area contributed by atoms with E-state index in [1.165, 1.54) is 6.08 Å². The van der Waals surface area contributed by atoms with Gasteiger partial charge in [0.1, 0.15) is 23.1 Å². The standard InChI is InChI=1S/C23H24N2O5/c1-4-28-22(26)15-29-20-10-8-17(9-11-20)12-18(14-24)23(27)25-19-6-5-7-21(13-19)30-16(2)3/h5-13,16H,4,15H2,1-3H3,(H,25,27)/b18-12-. The Morgan fingerprint density at radius 2 is 1.87 bits per heavy atom. The van der Waals surface area contributed by atoms with Crippen LogP contribution >= 0.6 is 0 Å². The quantitative estimate of drug-likeness (QED) is 0.383. The van der Waals surface area contributed by atoms with Gasteiger partial charge in [-0.1, -0.05) is 18.2 Å². The Hall–Kier alpha value is -3.79. The molecule has 2 aromatic rings. The van der Waals surface area contributed by atoms with Crippen molar-refractivity contribution in [1.29, 1.82) is 5.26 Å². The van der Waals surface area contributed by atoms with Gasteiger partial charge in [0.05, 0.1) is 12.7 Å². The van der Waals surface area contributed by atoms with Gasteiger partial charge < -0.3 is 19.5 Å². The van der Waals surface area contributed by atoms with E-state index in [9.17, 15) is 14.9 Å². The molecule has 30 heavy (non-hydrogen) atoms. The summed E-state index contributed by atoms with van der Waals surface area (Å²) in [4.78, 5) is 23.8. The molecule has 0 aromatic heterocycles. The molecule has 7 nitrogen and oxygen atoms in total. The van der Waals surface area contributed by atoms with Crippen LogP contribution < -0.4 is 14.8 Å². The van der Waals surface area contributed by atoms with E-state index in [4.69, 9.17) is 14.2 Å². The summed E-state index contributed by atoms with van der Waals surface area (Å²) in [5.41, 5.74) is 1.12. The molecule has 0 aliphatic heterocycles. The summed E-state index contributed by atoms with van der Waals surface area (Å²) in [6.07, 6.45) is 1.48. The van der Waals surface area contributed by atoms with Crippen molar-refractivity contribution < 1.29 is 23.8 Å². The van der Waals surface area contributed by atoms with Gasteiger partial charge in [-0.2, -0.15) is 5.26 Å². The van der Waals surface area contributed by atoms with E-state index in [0.717, 1.165) is 0 Å². The molecular weight excluding hydrogens is 384 g/mol. The highest BCUT2D eigenvalue weighted by molar-refractivity contribution is 6.09. The first-order chi connectivity index (χ1) is 14.4. The van der Waals surface area contributed by atoms with Crippen molar-refractivity contribution >= 4 is 23.6 Å². The fourth-order valence-electron chi connectivity index (χ4n) is 2.44. The smallest absolute Gasteiger partial charge is 0.344 e. The first-order valence-electron chi connectivity index (χ1n) is 9.49. The van der Waals surface area contributed by atoms with Gasteiger partial charge in [-0.25, -0.2) is 4.79 Å². The molecule has 0 saturated heterocycles. The number of carbonyl (C=O) groups excluding carboxylic acids is 2. The van der Waals surface area contributed by atoms with Crippen LogP contribution in [0.3, 0.4) is 0 Å². The minimum Gasteiger partial charge on any atom is -0.491 e. The Kier molecular flexibility index (Phi) is 8.45. The molecule has 0 aliphatic rings. The number of rotatable bonds is 9. The van der Waals surface area contributed by atoms with Crippen molar-refractivity contribution in [2.75, 3.05) is 18.5 Å². The normalized spacial score (nSPS) is 10.8. The number of hydrogen-bond donors (Lipinski definition) is 1. The fourth-order valence-corrected chi connectivity index (χ4v) is 2.44. The Labute approximate surface area is 175 Å². The van der Waals surface area contributed by atoms with Crippen molar-refractivity contribution in [3.63, 3.8) is 0 Å². The maximum atomic E-state index is 12.5. The number of benzene rings is 2. The van der Waals surface area contributed by atoms with Gasteiger partial charge in [-0.15, -0.1) is 0 Å². The molecule has 0 bridgehead atoms. The SMILES string of the molecule is CCOC(=O)COc1ccc(/C=C(/C#N)C(=O)Nc2cccc(OC(C)C)c2)cc1. The average molecular weight is 408 g/mol. The van der Waals surface area contributed by atoms with E-state index in [-0.39, 0.29) is 18.3 Å². The number of ether oxygens (including phenoxy) is 3. The van der Waals surface area contributed by atoms with Crippen molar-refractivity contribution in [1.82, 2.24) is 0 Å². The van der Waals surface area contributed by atoms with Crippen molar-refractivity contribution in [2.24, 2.45) is 0 Å². The summed E-state index contributed by atoms with van der Waals surface area (Å²) in [6, 6.07) is 15.5. The molecule has 0 heterocycles. The van der Waals surface area contributed by atoms with Gasteiger partial charge in [0.15, 0.2) is 6.61 Å². The summed E-state index contributed by atoms with van der Waals surface area (Å²) >= 11 is 0. The lowest BCUT2D eigenvalue weighted by atomic mass is 10.1. The number of hydrogen-bond acceptors (Lipinski definition) is 6. The highest BCUT2D eigenvalue weighted by Gasteiger charge is 2.11. The number of amides is 1. The number of nitrogens with one attached hydrogen (secondary N) is 1. The van der Waals surface area contributed by atoms with E-state index >= 15 is 0 Å². The minimum absolute atomic E-state index is 0.00904. The van der Waals surface area contributed by atoms with Crippen LogP contribution in [0.2, 0.25) is 0 Å². The Morgan fingerprint density at radius 1 is 1.13 bits per heavy atom. The van der Waals surface area contributed by atoms with Gasteiger partial charge in [0, 0.05) is 11.8 Å². The van der Waals surface area contributed by atoms with E-state index in [2.05, 4.69) is 5.32 Å². The third-order valence-electron chi connectivity index (χ3n) is 3.68. The zero-order chi connectivity index (χ0) is 21.9. The molecule has 156 valence electrons. The van der Waals surface area contributed by atoms with E-state index < -0.39 is 11.9 Å². The molecule has 2 aromatic carbocycles. The number of esters is 1. The number of nitrogens with zero attached hydrogens (tertiary/aromatic N) is 1. The Morgan fingerprint density at radius 3 is 2.50 bits per heavy atom. The van der Waals surface area contributed by atoms with Crippen LogP contribution in [0.15, 0.2) is 54.1 Å². The average Bonchev–Trinajstić information content (AvgIpc) is 2.71. The van der Waals surface area contributed by atoms with Gasteiger partial charge in [0.25, 0.3) is 5.91 Å². The van der Waals surface area contributed by atoms with Gasteiger partial charge >= 0.3 is 5.97 Å². The molecule has 1 N–H and O–H groups in total. The summed E-state index contributed by atoms with van der Waals surface area (Å²) in [5.74, 6) is 0.128. The van der Waals surface area contributed by atoms with Crippen LogP contribution in [-0.4, -0.2) is 31.2 Å². The molecule has 0 atom stereocenters. The van der Waals surface area contributed by atoms with Crippen molar-refractivity contribution in [3.8, 4) is 17.6 Å². The van der Waals surface area contributed by atoms with Crippen LogP contribution in [0, 0.1) is 11.3 Å². The van der Waals surface area contributed by atoms with Crippen molar-refractivity contribution in [3.05, 3.63) is 59.7 Å². The van der Waals surface area contributed by atoms with Crippen LogP contribution in [0.1, 0.15) is 26.3 Å². The molecule has 2 rings (SSSR count). The highest BCUT2D eigenvalue weighted by atomic mass is 16.6. The summed E-state index contributed by atoms with van der Waals surface area (Å²) in [5, 5.41) is 12.1. The van der Waals surface area contributed by atoms with Crippen LogP contribution in [0.25, 0.3) is 6.08 Å². The van der Waals surface area contributed by atoms with Crippen molar-refractivity contribution in [2.45, 2.75) is 26.9 Å². The summed E-state index contributed by atoms with van der Waals surface area (Å²) in [6.45, 7) is 5.65.